The number of nitrogens with one attached hydrogen (secondary N) is 1. The summed E-state index contributed by atoms with van der Waals surface area (Å²) in [5.41, 5.74) is 0. The maximum absolute atomic E-state index is 12.3. The summed E-state index contributed by atoms with van der Waals surface area (Å²) in [5.74, 6) is -0.104. The molecule has 0 aromatic carbocycles. The highest BCUT2D eigenvalue weighted by Crippen LogP contribution is 2.26. The Kier molecular flexibility index (Phi) is 4.45. The van der Waals surface area contributed by atoms with Gasteiger partial charge in [0.25, 0.3) is 0 Å². The third-order valence-electron chi connectivity index (χ3n) is 4.26. The number of carbonyl (C=O) groups excluding carboxylic acids is 2. The van der Waals surface area contributed by atoms with E-state index in [-0.39, 0.29) is 42.8 Å². The number of rotatable bonds is 3. The summed E-state index contributed by atoms with van der Waals surface area (Å²) in [6.07, 6.45) is 3.61. The second kappa shape index (κ2) is 5.90. The summed E-state index contributed by atoms with van der Waals surface area (Å²) in [6.45, 7) is 3.93. The van der Waals surface area contributed by atoms with Crippen molar-refractivity contribution in [2.75, 3.05) is 6.54 Å². The van der Waals surface area contributed by atoms with Crippen LogP contribution < -0.4 is 5.32 Å². The van der Waals surface area contributed by atoms with Crippen LogP contribution in [0.15, 0.2) is 0 Å². The molecule has 0 spiro atoms. The van der Waals surface area contributed by atoms with Crippen molar-refractivity contribution in [3.63, 3.8) is 0 Å². The van der Waals surface area contributed by atoms with Crippen LogP contribution >= 0.6 is 0 Å². The van der Waals surface area contributed by atoms with Gasteiger partial charge in [0.15, 0.2) is 0 Å². The fourth-order valence-electron chi connectivity index (χ4n) is 2.98. The highest BCUT2D eigenvalue weighted by Gasteiger charge is 2.39. The lowest BCUT2D eigenvalue weighted by Gasteiger charge is -2.44. The molecule has 2 N–H and O–H groups in total. The van der Waals surface area contributed by atoms with Crippen LogP contribution in [0.25, 0.3) is 0 Å². The number of hydrogen-bond donors (Lipinski definition) is 2. The molecule has 2 amide bonds. The van der Waals surface area contributed by atoms with Crippen LogP contribution in [0.3, 0.4) is 0 Å². The van der Waals surface area contributed by atoms with Gasteiger partial charge >= 0.3 is 0 Å². The van der Waals surface area contributed by atoms with E-state index in [1.165, 1.54) is 0 Å². The fraction of sp³-hybridized carbons (Fsp3) is 0.857. The average Bonchev–Trinajstić information content (AvgIpc) is 2.37. The van der Waals surface area contributed by atoms with Gasteiger partial charge in [0.1, 0.15) is 0 Å². The molecule has 1 saturated carbocycles. The van der Waals surface area contributed by atoms with Crippen LogP contribution in [0.4, 0.5) is 0 Å². The number of hydrogen-bond acceptors (Lipinski definition) is 3. The number of aliphatic hydroxyl groups is 1. The van der Waals surface area contributed by atoms with E-state index in [9.17, 15) is 14.7 Å². The van der Waals surface area contributed by atoms with Crippen molar-refractivity contribution >= 4 is 11.8 Å². The van der Waals surface area contributed by atoms with E-state index in [4.69, 9.17) is 0 Å². The van der Waals surface area contributed by atoms with E-state index in [1.54, 1.807) is 4.90 Å². The van der Waals surface area contributed by atoms with E-state index in [0.29, 0.717) is 0 Å². The summed E-state index contributed by atoms with van der Waals surface area (Å²) in [7, 11) is 0. The molecule has 2 rings (SSSR count). The van der Waals surface area contributed by atoms with Crippen LogP contribution in [-0.4, -0.2) is 46.6 Å². The van der Waals surface area contributed by atoms with Crippen LogP contribution in [0.2, 0.25) is 0 Å². The van der Waals surface area contributed by atoms with Gasteiger partial charge in [-0.2, -0.15) is 0 Å². The predicted octanol–water partition coefficient (Wildman–Crippen LogP) is 0.663. The van der Waals surface area contributed by atoms with Gasteiger partial charge in [-0.25, -0.2) is 0 Å². The summed E-state index contributed by atoms with van der Waals surface area (Å²) >= 11 is 0. The molecule has 1 saturated heterocycles. The first-order chi connectivity index (χ1) is 8.99. The quantitative estimate of drug-likeness (QED) is 0.790. The number of aliphatic hydroxyl groups excluding tert-OH is 1. The van der Waals surface area contributed by atoms with E-state index >= 15 is 0 Å². The third-order valence-corrected chi connectivity index (χ3v) is 4.26. The normalized spacial score (nSPS) is 28.8. The molecular formula is C14H24N2O3. The highest BCUT2D eigenvalue weighted by molar-refractivity contribution is 5.87. The van der Waals surface area contributed by atoms with Crippen molar-refractivity contribution in [1.29, 1.82) is 0 Å². The number of amides is 2. The maximum atomic E-state index is 12.3. The van der Waals surface area contributed by atoms with Gasteiger partial charge in [-0.3, -0.25) is 9.59 Å². The Hall–Kier alpha value is -1.10. The second-order valence-electron chi connectivity index (χ2n) is 6.06. The van der Waals surface area contributed by atoms with Gasteiger partial charge in [0.05, 0.1) is 25.1 Å². The SMILES string of the molecule is CC(C)C(O)CC(=O)N1CC(=O)NC2CCCCC21. The monoisotopic (exact) mass is 268 g/mol. The molecule has 1 heterocycles. The first-order valence-corrected chi connectivity index (χ1v) is 7.26. The Morgan fingerprint density at radius 3 is 2.79 bits per heavy atom. The molecule has 108 valence electrons. The zero-order valence-electron chi connectivity index (χ0n) is 11.8. The van der Waals surface area contributed by atoms with Crippen LogP contribution in [0.1, 0.15) is 46.0 Å². The van der Waals surface area contributed by atoms with Crippen molar-refractivity contribution < 1.29 is 14.7 Å². The molecule has 3 unspecified atom stereocenters. The lowest BCUT2D eigenvalue weighted by Crippen LogP contribution is -2.63. The molecule has 0 bridgehead atoms. The molecule has 0 aromatic rings. The van der Waals surface area contributed by atoms with Crippen molar-refractivity contribution in [2.45, 2.75) is 64.1 Å². The van der Waals surface area contributed by atoms with Crippen molar-refractivity contribution in [2.24, 2.45) is 5.92 Å². The number of nitrogens with zero attached hydrogens (tertiary/aromatic N) is 1. The Morgan fingerprint density at radius 1 is 1.42 bits per heavy atom. The average molecular weight is 268 g/mol. The van der Waals surface area contributed by atoms with Crippen LogP contribution in [0.5, 0.6) is 0 Å². The molecule has 1 aliphatic heterocycles. The first kappa shape index (κ1) is 14.3. The maximum Gasteiger partial charge on any atom is 0.239 e. The molecule has 3 atom stereocenters. The number of carbonyl (C=O) groups is 2. The van der Waals surface area contributed by atoms with E-state index in [0.717, 1.165) is 25.7 Å². The molecule has 19 heavy (non-hydrogen) atoms. The zero-order valence-corrected chi connectivity index (χ0v) is 11.8. The molecule has 2 aliphatic rings. The van der Waals surface area contributed by atoms with E-state index < -0.39 is 6.10 Å². The second-order valence-corrected chi connectivity index (χ2v) is 6.06. The summed E-state index contributed by atoms with van der Waals surface area (Å²) in [4.78, 5) is 25.7. The number of piperazine rings is 1. The lowest BCUT2D eigenvalue weighted by atomic mass is 9.87. The molecule has 0 aromatic heterocycles. The molecule has 2 fully saturated rings. The minimum atomic E-state index is -0.625. The van der Waals surface area contributed by atoms with Crippen molar-refractivity contribution in [3.8, 4) is 0 Å². The van der Waals surface area contributed by atoms with Gasteiger partial charge in [-0.05, 0) is 18.8 Å². The standard InChI is InChI=1S/C14H24N2O3/c1-9(2)12(17)7-14(19)16-8-13(18)15-10-5-3-4-6-11(10)16/h9-12,17H,3-8H2,1-2H3,(H,15,18). The summed E-state index contributed by atoms with van der Waals surface area (Å²) < 4.78 is 0. The Morgan fingerprint density at radius 2 is 2.11 bits per heavy atom. The van der Waals surface area contributed by atoms with Crippen molar-refractivity contribution in [3.05, 3.63) is 0 Å². The Labute approximate surface area is 114 Å². The molecule has 0 radical (unpaired) electrons. The Balaban J connectivity index is 2.03. The molecule has 1 aliphatic carbocycles. The summed E-state index contributed by atoms with van der Waals surface area (Å²) in [5, 5.41) is 12.8. The Bertz CT molecular complexity index is 357. The predicted molar refractivity (Wildman–Crippen MR) is 71.4 cm³/mol. The number of fused-ring (bicyclic) bond motifs is 1. The molecular weight excluding hydrogens is 244 g/mol. The van der Waals surface area contributed by atoms with Crippen LogP contribution in [-0.2, 0) is 9.59 Å². The van der Waals surface area contributed by atoms with Crippen LogP contribution in [0, 0.1) is 5.92 Å². The highest BCUT2D eigenvalue weighted by atomic mass is 16.3. The third kappa shape index (κ3) is 3.26. The lowest BCUT2D eigenvalue weighted by molar-refractivity contribution is -0.146. The van der Waals surface area contributed by atoms with E-state index in [2.05, 4.69) is 5.32 Å². The zero-order chi connectivity index (χ0) is 14.0. The summed E-state index contributed by atoms with van der Waals surface area (Å²) in [6, 6.07) is 0.230. The first-order valence-electron chi connectivity index (χ1n) is 7.26. The fourth-order valence-corrected chi connectivity index (χ4v) is 2.98. The minimum Gasteiger partial charge on any atom is -0.392 e. The largest absolute Gasteiger partial charge is 0.392 e. The van der Waals surface area contributed by atoms with Gasteiger partial charge < -0.3 is 15.3 Å². The van der Waals surface area contributed by atoms with Crippen molar-refractivity contribution in [1.82, 2.24) is 10.2 Å². The van der Waals surface area contributed by atoms with E-state index in [1.807, 2.05) is 13.8 Å². The van der Waals surface area contributed by atoms with Gasteiger partial charge in [0, 0.05) is 6.04 Å². The van der Waals surface area contributed by atoms with Gasteiger partial charge in [-0.15, -0.1) is 0 Å². The molecule has 5 nitrogen and oxygen atoms in total. The van der Waals surface area contributed by atoms with Gasteiger partial charge in [0.2, 0.25) is 11.8 Å². The van der Waals surface area contributed by atoms with Gasteiger partial charge in [-0.1, -0.05) is 26.7 Å². The minimum absolute atomic E-state index is 0.0599. The molecule has 5 heteroatoms. The smallest absolute Gasteiger partial charge is 0.239 e. The topological polar surface area (TPSA) is 69.6 Å².